The van der Waals surface area contributed by atoms with E-state index in [0.717, 1.165) is 25.7 Å². The maximum absolute atomic E-state index is 12.3. The second kappa shape index (κ2) is 10.5. The van der Waals surface area contributed by atoms with Crippen LogP contribution in [0.25, 0.3) is 0 Å². The third kappa shape index (κ3) is 7.15. The molecule has 0 saturated carbocycles. The lowest BCUT2D eigenvalue weighted by atomic mass is 9.85. The molecule has 0 aliphatic rings. The lowest BCUT2D eigenvalue weighted by molar-refractivity contribution is -0.125. The molecule has 0 aromatic carbocycles. The average Bonchev–Trinajstić information content (AvgIpc) is 2.36. The topological polar surface area (TPSA) is 43.1 Å². The molecule has 0 spiro atoms. The van der Waals surface area contributed by atoms with Crippen LogP contribution in [0.4, 0.5) is 0 Å². The average molecular weight is 255 g/mol. The van der Waals surface area contributed by atoms with Gasteiger partial charge in [-0.3, -0.25) is 4.79 Å². The number of Topliss-reactive ketones (excluding diaryl/α,β-unsaturated/α-hetero) is 1. The van der Waals surface area contributed by atoms with Crippen LogP contribution < -0.4 is 5.73 Å². The number of nitrogens with two attached hydrogens (primary N) is 1. The Hall–Kier alpha value is -0.370. The minimum absolute atomic E-state index is 0.208. The molecule has 2 nitrogen and oxygen atoms in total. The number of carbonyl (C=O) groups is 1. The van der Waals surface area contributed by atoms with Crippen LogP contribution in [0.1, 0.15) is 79.1 Å². The zero-order chi connectivity index (χ0) is 14.0. The fourth-order valence-electron chi connectivity index (χ4n) is 2.30. The van der Waals surface area contributed by atoms with E-state index in [9.17, 15) is 4.79 Å². The highest BCUT2D eigenvalue weighted by Crippen LogP contribution is 2.21. The van der Waals surface area contributed by atoms with Gasteiger partial charge in [-0.25, -0.2) is 0 Å². The number of rotatable bonds is 11. The Balaban J connectivity index is 4.23. The van der Waals surface area contributed by atoms with Crippen molar-refractivity contribution in [3.63, 3.8) is 0 Å². The highest BCUT2D eigenvalue weighted by atomic mass is 16.1. The summed E-state index contributed by atoms with van der Waals surface area (Å²) >= 11 is 0. The summed E-state index contributed by atoms with van der Waals surface area (Å²) in [5.41, 5.74) is 6.01. The van der Waals surface area contributed by atoms with Gasteiger partial charge in [0.25, 0.3) is 0 Å². The van der Waals surface area contributed by atoms with Crippen LogP contribution >= 0.6 is 0 Å². The van der Waals surface area contributed by atoms with Gasteiger partial charge in [-0.2, -0.15) is 0 Å². The van der Waals surface area contributed by atoms with E-state index < -0.39 is 0 Å². The lowest BCUT2D eigenvalue weighted by Crippen LogP contribution is -2.39. The van der Waals surface area contributed by atoms with Crippen LogP contribution in [0, 0.1) is 11.8 Å². The second-order valence-electron chi connectivity index (χ2n) is 5.86. The summed E-state index contributed by atoms with van der Waals surface area (Å²) < 4.78 is 0. The molecule has 18 heavy (non-hydrogen) atoms. The summed E-state index contributed by atoms with van der Waals surface area (Å²) in [6.07, 6.45) is 9.35. The van der Waals surface area contributed by atoms with Crippen LogP contribution in [0.2, 0.25) is 0 Å². The second-order valence-corrected chi connectivity index (χ2v) is 5.86. The monoisotopic (exact) mass is 255 g/mol. The molecule has 2 N–H and O–H groups in total. The van der Waals surface area contributed by atoms with Crippen molar-refractivity contribution in [2.45, 2.75) is 85.1 Å². The molecule has 0 heterocycles. The molecule has 0 bridgehead atoms. The SMILES string of the molecule is CCCCCCC(CCCC)C(=O)[C@H](N)C(C)C. The van der Waals surface area contributed by atoms with Crippen molar-refractivity contribution in [1.82, 2.24) is 0 Å². The van der Waals surface area contributed by atoms with Crippen LogP contribution in [0.15, 0.2) is 0 Å². The van der Waals surface area contributed by atoms with Gasteiger partial charge in [0, 0.05) is 5.92 Å². The van der Waals surface area contributed by atoms with Gasteiger partial charge in [-0.1, -0.05) is 66.2 Å². The Bertz CT molecular complexity index is 213. The normalized spacial score (nSPS) is 14.8. The zero-order valence-corrected chi connectivity index (χ0v) is 12.9. The molecular formula is C16H33NO. The highest BCUT2D eigenvalue weighted by Gasteiger charge is 2.25. The van der Waals surface area contributed by atoms with Crippen molar-refractivity contribution in [1.29, 1.82) is 0 Å². The molecular weight excluding hydrogens is 222 g/mol. The Morgan fingerprint density at radius 1 is 0.944 bits per heavy atom. The van der Waals surface area contributed by atoms with Gasteiger partial charge in [0.2, 0.25) is 0 Å². The molecule has 0 aromatic rings. The Morgan fingerprint density at radius 3 is 2.00 bits per heavy atom. The minimum atomic E-state index is -0.266. The summed E-state index contributed by atoms with van der Waals surface area (Å²) in [5, 5.41) is 0. The summed E-state index contributed by atoms with van der Waals surface area (Å²) in [7, 11) is 0. The fraction of sp³-hybridized carbons (Fsp3) is 0.938. The first kappa shape index (κ1) is 17.6. The van der Waals surface area contributed by atoms with Crippen molar-refractivity contribution in [2.75, 3.05) is 0 Å². The van der Waals surface area contributed by atoms with Crippen LogP contribution in [0.3, 0.4) is 0 Å². The molecule has 2 atom stereocenters. The Morgan fingerprint density at radius 2 is 1.50 bits per heavy atom. The van der Waals surface area contributed by atoms with Gasteiger partial charge in [-0.05, 0) is 18.8 Å². The smallest absolute Gasteiger partial charge is 0.152 e. The molecule has 0 fully saturated rings. The molecule has 0 saturated heterocycles. The fourth-order valence-corrected chi connectivity index (χ4v) is 2.30. The lowest BCUT2D eigenvalue weighted by Gasteiger charge is -2.22. The van der Waals surface area contributed by atoms with Gasteiger partial charge in [0.1, 0.15) is 0 Å². The molecule has 1 unspecified atom stereocenters. The molecule has 0 aromatic heterocycles. The molecule has 0 amide bonds. The summed E-state index contributed by atoms with van der Waals surface area (Å²) in [4.78, 5) is 12.3. The van der Waals surface area contributed by atoms with Gasteiger partial charge < -0.3 is 5.73 Å². The first-order valence-electron chi connectivity index (χ1n) is 7.83. The van der Waals surface area contributed by atoms with Crippen LogP contribution in [-0.4, -0.2) is 11.8 Å². The van der Waals surface area contributed by atoms with Gasteiger partial charge >= 0.3 is 0 Å². The summed E-state index contributed by atoms with van der Waals surface area (Å²) in [6, 6.07) is -0.266. The largest absolute Gasteiger partial charge is 0.321 e. The number of hydrogen-bond acceptors (Lipinski definition) is 2. The predicted octanol–water partition coefficient (Wildman–Crippen LogP) is 4.32. The molecule has 0 aliphatic carbocycles. The first-order chi connectivity index (χ1) is 8.54. The third-order valence-corrected chi connectivity index (χ3v) is 3.76. The Labute approximate surface area is 114 Å². The van der Waals surface area contributed by atoms with Gasteiger partial charge in [-0.15, -0.1) is 0 Å². The molecule has 0 radical (unpaired) electrons. The van der Waals surface area contributed by atoms with E-state index in [2.05, 4.69) is 13.8 Å². The minimum Gasteiger partial charge on any atom is -0.321 e. The standard InChI is InChI=1S/C16H33NO/c1-5-7-9-10-12-14(11-8-6-2)16(18)15(17)13(3)4/h13-15H,5-12,17H2,1-4H3/t14?,15-/m1/s1. The van der Waals surface area contributed by atoms with Crippen molar-refractivity contribution >= 4 is 5.78 Å². The predicted molar refractivity (Wildman–Crippen MR) is 79.6 cm³/mol. The molecule has 0 rings (SSSR count). The number of unbranched alkanes of at least 4 members (excludes halogenated alkanes) is 4. The zero-order valence-electron chi connectivity index (χ0n) is 12.9. The van der Waals surface area contributed by atoms with E-state index in [0.29, 0.717) is 5.78 Å². The third-order valence-electron chi connectivity index (χ3n) is 3.76. The number of ketones is 1. The van der Waals surface area contributed by atoms with Crippen LogP contribution in [-0.2, 0) is 4.79 Å². The van der Waals surface area contributed by atoms with E-state index in [1.165, 1.54) is 25.7 Å². The maximum Gasteiger partial charge on any atom is 0.152 e. The van der Waals surface area contributed by atoms with E-state index >= 15 is 0 Å². The van der Waals surface area contributed by atoms with Crippen LogP contribution in [0.5, 0.6) is 0 Å². The van der Waals surface area contributed by atoms with Crippen molar-refractivity contribution < 1.29 is 4.79 Å². The molecule has 0 aliphatic heterocycles. The summed E-state index contributed by atoms with van der Waals surface area (Å²) in [6.45, 7) is 8.47. The van der Waals surface area contributed by atoms with Crippen molar-refractivity contribution in [3.05, 3.63) is 0 Å². The maximum atomic E-state index is 12.3. The quantitative estimate of drug-likeness (QED) is 0.559. The van der Waals surface area contributed by atoms with E-state index in [1.54, 1.807) is 0 Å². The van der Waals surface area contributed by atoms with Gasteiger partial charge in [0.15, 0.2) is 5.78 Å². The van der Waals surface area contributed by atoms with E-state index in [1.807, 2.05) is 13.8 Å². The van der Waals surface area contributed by atoms with Crippen molar-refractivity contribution in [2.24, 2.45) is 17.6 Å². The van der Waals surface area contributed by atoms with E-state index in [-0.39, 0.29) is 17.9 Å². The van der Waals surface area contributed by atoms with E-state index in [4.69, 9.17) is 5.73 Å². The molecule has 2 heteroatoms. The Kier molecular flexibility index (Phi) is 10.3. The van der Waals surface area contributed by atoms with Crippen molar-refractivity contribution in [3.8, 4) is 0 Å². The highest BCUT2D eigenvalue weighted by molar-refractivity contribution is 5.86. The number of carbonyl (C=O) groups excluding carboxylic acids is 1. The van der Waals surface area contributed by atoms with Gasteiger partial charge in [0.05, 0.1) is 6.04 Å². The number of hydrogen-bond donors (Lipinski definition) is 1. The molecule has 108 valence electrons. The first-order valence-corrected chi connectivity index (χ1v) is 7.83. The summed E-state index contributed by atoms with van der Waals surface area (Å²) in [5.74, 6) is 0.770.